The van der Waals surface area contributed by atoms with Crippen molar-refractivity contribution in [2.75, 3.05) is 5.32 Å². The fourth-order valence-electron chi connectivity index (χ4n) is 1.81. The number of hydrogen-bond acceptors (Lipinski definition) is 4. The summed E-state index contributed by atoms with van der Waals surface area (Å²) in [6.45, 7) is 4.41. The Bertz CT molecular complexity index is 585. The van der Waals surface area contributed by atoms with E-state index >= 15 is 0 Å². The summed E-state index contributed by atoms with van der Waals surface area (Å²) >= 11 is 0. The van der Waals surface area contributed by atoms with Crippen molar-refractivity contribution in [3.63, 3.8) is 0 Å². The minimum absolute atomic E-state index is 0.601. The largest absolute Gasteiger partial charge is 0.380 e. The quantitative estimate of drug-likeness (QED) is 0.892. The van der Waals surface area contributed by atoms with Crippen molar-refractivity contribution in [3.8, 4) is 6.07 Å². The summed E-state index contributed by atoms with van der Waals surface area (Å²) in [5, 5.41) is 12.4. The zero-order chi connectivity index (χ0) is 13.0. The SMILES string of the molecule is Cc1cc(NCc2cccnc2)c(C#N)c(C)n1. The van der Waals surface area contributed by atoms with E-state index in [2.05, 4.69) is 21.4 Å². The first-order valence-electron chi connectivity index (χ1n) is 5.72. The molecule has 1 N–H and O–H groups in total. The van der Waals surface area contributed by atoms with Gasteiger partial charge in [0, 0.05) is 24.6 Å². The molecule has 2 rings (SSSR count). The van der Waals surface area contributed by atoms with Gasteiger partial charge in [0.25, 0.3) is 0 Å². The molecular formula is C14H14N4. The molecule has 0 aromatic carbocycles. The topological polar surface area (TPSA) is 61.6 Å². The summed E-state index contributed by atoms with van der Waals surface area (Å²) in [5.74, 6) is 0. The minimum Gasteiger partial charge on any atom is -0.380 e. The van der Waals surface area contributed by atoms with Crippen molar-refractivity contribution < 1.29 is 0 Å². The third kappa shape index (κ3) is 2.64. The van der Waals surface area contributed by atoms with Gasteiger partial charge >= 0.3 is 0 Å². The van der Waals surface area contributed by atoms with Gasteiger partial charge in [-0.1, -0.05) is 6.07 Å². The second-order valence-electron chi connectivity index (χ2n) is 4.10. The Morgan fingerprint density at radius 2 is 2.22 bits per heavy atom. The number of anilines is 1. The molecule has 4 heteroatoms. The van der Waals surface area contributed by atoms with E-state index in [0.717, 1.165) is 22.6 Å². The molecular weight excluding hydrogens is 224 g/mol. The normalized spacial score (nSPS) is 9.83. The number of nitrogens with one attached hydrogen (secondary N) is 1. The predicted molar refractivity (Wildman–Crippen MR) is 70.0 cm³/mol. The van der Waals surface area contributed by atoms with Gasteiger partial charge in [-0.2, -0.15) is 5.26 Å². The molecule has 0 saturated carbocycles. The van der Waals surface area contributed by atoms with Crippen LogP contribution in [0.1, 0.15) is 22.5 Å². The predicted octanol–water partition coefficient (Wildman–Crippen LogP) is 2.58. The molecule has 0 saturated heterocycles. The first kappa shape index (κ1) is 12.1. The van der Waals surface area contributed by atoms with E-state index in [1.54, 1.807) is 12.4 Å². The second kappa shape index (κ2) is 5.28. The number of nitrogens with zero attached hydrogens (tertiary/aromatic N) is 3. The van der Waals surface area contributed by atoms with Crippen LogP contribution in [0.15, 0.2) is 30.6 Å². The van der Waals surface area contributed by atoms with E-state index in [1.165, 1.54) is 0 Å². The highest BCUT2D eigenvalue weighted by Crippen LogP contribution is 2.19. The molecule has 2 aromatic heterocycles. The van der Waals surface area contributed by atoms with Crippen LogP contribution in [0.25, 0.3) is 0 Å². The van der Waals surface area contributed by atoms with Gasteiger partial charge in [-0.15, -0.1) is 0 Å². The van der Waals surface area contributed by atoms with Crippen molar-refractivity contribution in [2.24, 2.45) is 0 Å². The summed E-state index contributed by atoms with van der Waals surface area (Å²) < 4.78 is 0. The molecule has 0 spiro atoms. The third-order valence-corrected chi connectivity index (χ3v) is 2.65. The first-order valence-corrected chi connectivity index (χ1v) is 5.72. The van der Waals surface area contributed by atoms with Crippen LogP contribution < -0.4 is 5.32 Å². The zero-order valence-electron chi connectivity index (χ0n) is 10.4. The molecule has 0 aliphatic rings. The molecule has 4 nitrogen and oxygen atoms in total. The molecule has 2 heterocycles. The molecule has 0 aliphatic carbocycles. The highest BCUT2D eigenvalue weighted by molar-refractivity contribution is 5.59. The van der Waals surface area contributed by atoms with Crippen LogP contribution in [-0.4, -0.2) is 9.97 Å². The van der Waals surface area contributed by atoms with E-state index in [1.807, 2.05) is 32.0 Å². The Morgan fingerprint density at radius 1 is 1.39 bits per heavy atom. The maximum Gasteiger partial charge on any atom is 0.103 e. The van der Waals surface area contributed by atoms with Crippen LogP contribution in [-0.2, 0) is 6.54 Å². The van der Waals surface area contributed by atoms with Gasteiger partial charge in [-0.05, 0) is 31.5 Å². The molecule has 0 atom stereocenters. The van der Waals surface area contributed by atoms with E-state index in [4.69, 9.17) is 5.26 Å². The van der Waals surface area contributed by atoms with Crippen LogP contribution in [0.3, 0.4) is 0 Å². The summed E-state index contributed by atoms with van der Waals surface area (Å²) in [5.41, 5.74) is 4.16. The number of aryl methyl sites for hydroxylation is 2. The zero-order valence-corrected chi connectivity index (χ0v) is 10.4. The number of pyridine rings is 2. The molecule has 0 bridgehead atoms. The van der Waals surface area contributed by atoms with Crippen molar-refractivity contribution >= 4 is 5.69 Å². The second-order valence-corrected chi connectivity index (χ2v) is 4.10. The molecule has 0 unspecified atom stereocenters. The standard InChI is InChI=1S/C14H14N4/c1-10-6-14(13(7-15)11(2)18-10)17-9-12-4-3-5-16-8-12/h3-6,8H,9H2,1-2H3,(H,17,18). The molecule has 18 heavy (non-hydrogen) atoms. The number of nitriles is 1. The smallest absolute Gasteiger partial charge is 0.103 e. The van der Waals surface area contributed by atoms with Crippen LogP contribution in [0, 0.1) is 25.2 Å². The molecule has 0 fully saturated rings. The lowest BCUT2D eigenvalue weighted by molar-refractivity contribution is 1.07. The number of aromatic nitrogens is 2. The van der Waals surface area contributed by atoms with Gasteiger partial charge in [0.05, 0.1) is 16.9 Å². The Hall–Kier alpha value is -2.41. The van der Waals surface area contributed by atoms with E-state index in [-0.39, 0.29) is 0 Å². The van der Waals surface area contributed by atoms with E-state index < -0.39 is 0 Å². The lowest BCUT2D eigenvalue weighted by Crippen LogP contribution is -2.04. The number of rotatable bonds is 3. The molecule has 0 aliphatic heterocycles. The van der Waals surface area contributed by atoms with Crippen LogP contribution in [0.2, 0.25) is 0 Å². The van der Waals surface area contributed by atoms with Gasteiger partial charge in [-0.25, -0.2) is 0 Å². The van der Waals surface area contributed by atoms with E-state index in [9.17, 15) is 0 Å². The average Bonchev–Trinajstić information content (AvgIpc) is 2.37. The van der Waals surface area contributed by atoms with Gasteiger partial charge in [0.1, 0.15) is 6.07 Å². The monoisotopic (exact) mass is 238 g/mol. The van der Waals surface area contributed by atoms with Gasteiger partial charge in [0.15, 0.2) is 0 Å². The Kier molecular flexibility index (Phi) is 3.54. The summed E-state index contributed by atoms with van der Waals surface area (Å²) in [6, 6.07) is 7.96. The Labute approximate surface area is 106 Å². The fourth-order valence-corrected chi connectivity index (χ4v) is 1.81. The van der Waals surface area contributed by atoms with Gasteiger partial charge < -0.3 is 5.32 Å². The summed E-state index contributed by atoms with van der Waals surface area (Å²) in [7, 11) is 0. The summed E-state index contributed by atoms with van der Waals surface area (Å²) in [6.07, 6.45) is 3.55. The number of hydrogen-bond donors (Lipinski definition) is 1. The van der Waals surface area contributed by atoms with Crippen molar-refractivity contribution in [1.29, 1.82) is 5.26 Å². The molecule has 90 valence electrons. The fraction of sp³-hybridized carbons (Fsp3) is 0.214. The molecule has 2 aromatic rings. The lowest BCUT2D eigenvalue weighted by atomic mass is 10.1. The maximum atomic E-state index is 9.15. The highest BCUT2D eigenvalue weighted by Gasteiger charge is 2.07. The lowest BCUT2D eigenvalue weighted by Gasteiger charge is -2.10. The first-order chi connectivity index (χ1) is 8.70. The van der Waals surface area contributed by atoms with Crippen molar-refractivity contribution in [3.05, 3.63) is 53.1 Å². The van der Waals surface area contributed by atoms with Crippen LogP contribution >= 0.6 is 0 Å². The van der Waals surface area contributed by atoms with Crippen LogP contribution in [0.5, 0.6) is 0 Å². The van der Waals surface area contributed by atoms with Crippen molar-refractivity contribution in [2.45, 2.75) is 20.4 Å². The van der Waals surface area contributed by atoms with E-state index in [0.29, 0.717) is 12.1 Å². The molecule has 0 radical (unpaired) electrons. The minimum atomic E-state index is 0.601. The Morgan fingerprint density at radius 3 is 2.89 bits per heavy atom. The molecule has 0 amide bonds. The van der Waals surface area contributed by atoms with Gasteiger partial charge in [-0.3, -0.25) is 9.97 Å². The third-order valence-electron chi connectivity index (χ3n) is 2.65. The van der Waals surface area contributed by atoms with Gasteiger partial charge in [0.2, 0.25) is 0 Å². The van der Waals surface area contributed by atoms with Crippen molar-refractivity contribution in [1.82, 2.24) is 9.97 Å². The maximum absolute atomic E-state index is 9.15. The summed E-state index contributed by atoms with van der Waals surface area (Å²) in [4.78, 5) is 8.34. The van der Waals surface area contributed by atoms with Crippen LogP contribution in [0.4, 0.5) is 5.69 Å². The Balaban J connectivity index is 2.22. The highest BCUT2D eigenvalue weighted by atomic mass is 14.9. The average molecular weight is 238 g/mol.